The lowest BCUT2D eigenvalue weighted by atomic mass is 10.00. The molecule has 0 aromatic rings. The van der Waals surface area contributed by atoms with Gasteiger partial charge in [-0.15, -0.1) is 0 Å². The van der Waals surface area contributed by atoms with E-state index < -0.39 is 0 Å². The Bertz CT molecular complexity index is 736. The first-order valence-corrected chi connectivity index (χ1v) is 25.4. The average molecular weight is 778 g/mol. The quantitative estimate of drug-likeness (QED) is 0.0578. The van der Waals surface area contributed by atoms with E-state index in [-0.39, 0.29) is 11.6 Å². The first-order chi connectivity index (χ1) is 27.0. The first-order valence-electron chi connectivity index (χ1n) is 25.4. The Hall–Kier alpha value is -0.200. The third-order valence-corrected chi connectivity index (χ3v) is 12.8. The van der Waals surface area contributed by atoms with E-state index in [1.807, 2.05) is 0 Å². The van der Waals surface area contributed by atoms with Crippen molar-refractivity contribution in [1.82, 2.24) is 4.90 Å². The highest BCUT2D eigenvalue weighted by molar-refractivity contribution is 4.81. The fraction of sp³-hybridized carbons (Fsp3) is 1.00. The Labute approximate surface area is 345 Å². The molecular formula is C50H99NO4. The molecule has 2 aliphatic rings. The van der Waals surface area contributed by atoms with E-state index in [4.69, 9.17) is 18.9 Å². The van der Waals surface area contributed by atoms with Crippen LogP contribution >= 0.6 is 0 Å². The van der Waals surface area contributed by atoms with Gasteiger partial charge in [0.2, 0.25) is 0 Å². The van der Waals surface area contributed by atoms with Crippen molar-refractivity contribution in [3.8, 4) is 0 Å². The SMILES string of the molecule is CCCCCCC1(CCCCCC)OCC(CCCCCCCCN(CCCC)CCCCCCCCC2COC(CCCCCC)(CCCCCC)O2)O1. The molecule has 0 bridgehead atoms. The lowest BCUT2D eigenvalue weighted by Crippen LogP contribution is -2.31. The van der Waals surface area contributed by atoms with E-state index >= 15 is 0 Å². The van der Waals surface area contributed by atoms with E-state index in [0.29, 0.717) is 12.2 Å². The smallest absolute Gasteiger partial charge is 0.168 e. The molecule has 0 spiro atoms. The number of unbranched alkanes of at least 4 members (excludes halogenated alkanes) is 23. The Balaban J connectivity index is 1.52. The summed E-state index contributed by atoms with van der Waals surface area (Å²) >= 11 is 0. The molecule has 5 heteroatoms. The lowest BCUT2D eigenvalue weighted by Gasteiger charge is -2.28. The van der Waals surface area contributed by atoms with Gasteiger partial charge in [-0.3, -0.25) is 0 Å². The molecule has 0 saturated carbocycles. The second kappa shape index (κ2) is 34.6. The van der Waals surface area contributed by atoms with E-state index in [9.17, 15) is 0 Å². The molecule has 2 heterocycles. The zero-order chi connectivity index (χ0) is 39.6. The van der Waals surface area contributed by atoms with Gasteiger partial charge in [0.25, 0.3) is 0 Å². The van der Waals surface area contributed by atoms with Crippen LogP contribution in [0.15, 0.2) is 0 Å². The van der Waals surface area contributed by atoms with Crippen LogP contribution < -0.4 is 0 Å². The third-order valence-electron chi connectivity index (χ3n) is 12.8. The van der Waals surface area contributed by atoms with Crippen molar-refractivity contribution in [2.24, 2.45) is 0 Å². The molecule has 2 aliphatic heterocycles. The van der Waals surface area contributed by atoms with Crippen LogP contribution in [0.2, 0.25) is 0 Å². The molecule has 0 aromatic carbocycles. The maximum absolute atomic E-state index is 6.70. The highest BCUT2D eigenvalue weighted by Crippen LogP contribution is 2.37. The number of rotatable bonds is 41. The van der Waals surface area contributed by atoms with Gasteiger partial charge in [-0.05, 0) is 77.4 Å². The molecular weight excluding hydrogens is 679 g/mol. The normalized spacial score (nSPS) is 19.3. The molecule has 0 aliphatic carbocycles. The highest BCUT2D eigenvalue weighted by Gasteiger charge is 2.41. The predicted octanol–water partition coefficient (Wildman–Crippen LogP) is 15.7. The zero-order valence-electron chi connectivity index (χ0n) is 38.2. The molecule has 0 amide bonds. The van der Waals surface area contributed by atoms with Gasteiger partial charge in [0.05, 0.1) is 25.4 Å². The largest absolute Gasteiger partial charge is 0.347 e. The fourth-order valence-electron chi connectivity index (χ4n) is 9.12. The number of hydrogen-bond acceptors (Lipinski definition) is 5. The number of ether oxygens (including phenoxy) is 4. The number of hydrogen-bond donors (Lipinski definition) is 0. The van der Waals surface area contributed by atoms with Gasteiger partial charge in [-0.2, -0.15) is 0 Å². The summed E-state index contributed by atoms with van der Waals surface area (Å²) in [4.78, 5) is 2.78. The van der Waals surface area contributed by atoms with Crippen LogP contribution in [-0.4, -0.2) is 61.5 Å². The van der Waals surface area contributed by atoms with E-state index in [2.05, 4.69) is 39.5 Å². The number of nitrogens with zero attached hydrogens (tertiary/aromatic N) is 1. The summed E-state index contributed by atoms with van der Waals surface area (Å²) in [5.41, 5.74) is 0. The maximum atomic E-state index is 6.70. The van der Waals surface area contributed by atoms with Crippen molar-refractivity contribution in [2.45, 2.75) is 290 Å². The summed E-state index contributed by atoms with van der Waals surface area (Å²) in [7, 11) is 0. The highest BCUT2D eigenvalue weighted by atomic mass is 16.7. The molecule has 2 atom stereocenters. The van der Waals surface area contributed by atoms with Gasteiger partial charge in [0.1, 0.15) is 0 Å². The van der Waals surface area contributed by atoms with Crippen molar-refractivity contribution in [3.63, 3.8) is 0 Å². The van der Waals surface area contributed by atoms with Crippen molar-refractivity contribution in [1.29, 1.82) is 0 Å². The topological polar surface area (TPSA) is 40.2 Å². The van der Waals surface area contributed by atoms with Gasteiger partial charge in [0.15, 0.2) is 11.6 Å². The van der Waals surface area contributed by atoms with Crippen molar-refractivity contribution in [2.75, 3.05) is 32.8 Å². The summed E-state index contributed by atoms with van der Waals surface area (Å²) < 4.78 is 26.3. The third kappa shape index (κ3) is 25.1. The first kappa shape index (κ1) is 50.9. The predicted molar refractivity (Wildman–Crippen MR) is 238 cm³/mol. The van der Waals surface area contributed by atoms with Crippen LogP contribution in [0.3, 0.4) is 0 Å². The summed E-state index contributed by atoms with van der Waals surface area (Å²) in [5, 5.41) is 0. The Kier molecular flexibility index (Phi) is 32.1. The standard InChI is InChI=1S/C50H99NO4/c1-6-11-16-30-38-49(39-31-17-12-7-2)52-45-47(54-49)36-28-24-20-22-26-34-43-51(42-15-10-5)44-35-27-23-21-25-29-37-48-46-53-50(55-48,40-32-18-13-8-3)41-33-19-14-9-4/h47-48H,6-46H2,1-5H3. The van der Waals surface area contributed by atoms with Crippen molar-refractivity contribution < 1.29 is 18.9 Å². The van der Waals surface area contributed by atoms with Gasteiger partial charge in [-0.1, -0.05) is 182 Å². The van der Waals surface area contributed by atoms with Crippen molar-refractivity contribution >= 4 is 0 Å². The minimum absolute atomic E-state index is 0.272. The minimum atomic E-state index is -0.272. The lowest BCUT2D eigenvalue weighted by molar-refractivity contribution is -0.180. The van der Waals surface area contributed by atoms with E-state index in [1.165, 1.54) is 225 Å². The Morgan fingerprint density at radius 1 is 0.345 bits per heavy atom. The molecule has 55 heavy (non-hydrogen) atoms. The minimum Gasteiger partial charge on any atom is -0.347 e. The van der Waals surface area contributed by atoms with Gasteiger partial charge in [-0.25, -0.2) is 0 Å². The zero-order valence-corrected chi connectivity index (χ0v) is 38.2. The van der Waals surface area contributed by atoms with Crippen molar-refractivity contribution in [3.05, 3.63) is 0 Å². The second-order valence-electron chi connectivity index (χ2n) is 18.2. The Morgan fingerprint density at radius 3 is 0.982 bits per heavy atom. The van der Waals surface area contributed by atoms with Crippen LogP contribution in [0.1, 0.15) is 266 Å². The second-order valence-corrected chi connectivity index (χ2v) is 18.2. The molecule has 328 valence electrons. The van der Waals surface area contributed by atoms with Crippen LogP contribution in [0.25, 0.3) is 0 Å². The molecule has 2 fully saturated rings. The molecule has 0 radical (unpaired) electrons. The van der Waals surface area contributed by atoms with Crippen LogP contribution in [0.5, 0.6) is 0 Å². The van der Waals surface area contributed by atoms with Crippen LogP contribution in [-0.2, 0) is 18.9 Å². The van der Waals surface area contributed by atoms with Gasteiger partial charge >= 0.3 is 0 Å². The summed E-state index contributed by atoms with van der Waals surface area (Å²) in [6.45, 7) is 17.0. The van der Waals surface area contributed by atoms with Crippen LogP contribution in [0, 0.1) is 0 Å². The summed E-state index contributed by atoms with van der Waals surface area (Å²) in [5.74, 6) is -0.545. The molecule has 2 rings (SSSR count). The maximum Gasteiger partial charge on any atom is 0.168 e. The van der Waals surface area contributed by atoms with Crippen LogP contribution in [0.4, 0.5) is 0 Å². The molecule has 5 nitrogen and oxygen atoms in total. The molecule has 0 aromatic heterocycles. The fourth-order valence-corrected chi connectivity index (χ4v) is 9.12. The van der Waals surface area contributed by atoms with Gasteiger partial charge in [0, 0.05) is 25.7 Å². The van der Waals surface area contributed by atoms with E-state index in [1.54, 1.807) is 0 Å². The Morgan fingerprint density at radius 2 is 0.636 bits per heavy atom. The van der Waals surface area contributed by atoms with E-state index in [0.717, 1.165) is 38.9 Å². The van der Waals surface area contributed by atoms with Gasteiger partial charge < -0.3 is 23.8 Å². The monoisotopic (exact) mass is 778 g/mol. The summed E-state index contributed by atoms with van der Waals surface area (Å²) in [6, 6.07) is 0. The average Bonchev–Trinajstić information content (AvgIpc) is 3.80. The molecule has 2 saturated heterocycles. The molecule has 2 unspecified atom stereocenters. The summed E-state index contributed by atoms with van der Waals surface area (Å²) in [6.07, 6.45) is 47.1. The molecule has 0 N–H and O–H groups in total.